The van der Waals surface area contributed by atoms with Crippen molar-refractivity contribution in [3.05, 3.63) is 58.7 Å². The number of nitrogens with one attached hydrogen (secondary N) is 2. The maximum Gasteiger partial charge on any atom is 0.416 e. The second-order valence-corrected chi connectivity index (χ2v) is 8.77. The molecule has 3 aromatic rings. The Morgan fingerprint density at radius 3 is 2.49 bits per heavy atom. The van der Waals surface area contributed by atoms with Crippen molar-refractivity contribution < 1.29 is 27.9 Å². The number of halogens is 3. The van der Waals surface area contributed by atoms with Gasteiger partial charge >= 0.3 is 6.18 Å². The largest absolute Gasteiger partial charge is 0.494 e. The molecule has 1 unspecified atom stereocenters. The zero-order chi connectivity index (χ0) is 25.5. The Kier molecular flexibility index (Phi) is 6.31. The summed E-state index contributed by atoms with van der Waals surface area (Å²) in [6.07, 6.45) is -3.51. The number of aryl methyl sites for hydroxylation is 2. The molecule has 7 nitrogen and oxygen atoms in total. The number of aromatic hydroxyl groups is 1. The third-order valence-corrected chi connectivity index (χ3v) is 6.03. The molecule has 0 spiro atoms. The van der Waals surface area contributed by atoms with Crippen LogP contribution in [0, 0.1) is 19.8 Å². The summed E-state index contributed by atoms with van der Waals surface area (Å²) in [5, 5.41) is 18.2. The summed E-state index contributed by atoms with van der Waals surface area (Å²) in [5.41, 5.74) is 4.25. The number of piperidine rings is 1. The van der Waals surface area contributed by atoms with Gasteiger partial charge in [-0.2, -0.15) is 18.3 Å². The summed E-state index contributed by atoms with van der Waals surface area (Å²) in [6, 6.07) is 8.63. The maximum atomic E-state index is 13.5. The van der Waals surface area contributed by atoms with Crippen LogP contribution in [0.1, 0.15) is 42.0 Å². The molecule has 0 aliphatic carbocycles. The van der Waals surface area contributed by atoms with Gasteiger partial charge in [-0.05, 0) is 69.0 Å². The van der Waals surface area contributed by atoms with Crippen molar-refractivity contribution in [2.75, 3.05) is 6.54 Å². The van der Waals surface area contributed by atoms with Gasteiger partial charge in [0.05, 0.1) is 22.4 Å². The highest BCUT2D eigenvalue weighted by Gasteiger charge is 2.32. The number of rotatable bonds is 4. The fourth-order valence-corrected chi connectivity index (χ4v) is 4.44. The van der Waals surface area contributed by atoms with Crippen molar-refractivity contribution in [2.45, 2.75) is 39.8 Å². The molecule has 1 aliphatic heterocycles. The number of carbonyl (C=O) groups excluding carboxylic acids is 2. The molecule has 35 heavy (non-hydrogen) atoms. The smallest absolute Gasteiger partial charge is 0.416 e. The quantitative estimate of drug-likeness (QED) is 0.291. The first-order valence-corrected chi connectivity index (χ1v) is 11.1. The summed E-state index contributed by atoms with van der Waals surface area (Å²) in [5.74, 6) is -2.15. The number of alkyl halides is 3. The lowest BCUT2D eigenvalue weighted by Gasteiger charge is -2.19. The van der Waals surface area contributed by atoms with Crippen LogP contribution in [0.25, 0.3) is 16.6 Å². The van der Waals surface area contributed by atoms with E-state index < -0.39 is 23.6 Å². The number of benzene rings is 2. The van der Waals surface area contributed by atoms with Gasteiger partial charge in [-0.1, -0.05) is 12.1 Å². The zero-order valence-corrected chi connectivity index (χ0v) is 19.5. The Hall–Kier alpha value is -3.82. The van der Waals surface area contributed by atoms with Gasteiger partial charge in [0.2, 0.25) is 11.8 Å². The third-order valence-electron chi connectivity index (χ3n) is 6.03. The third kappa shape index (κ3) is 4.73. The monoisotopic (exact) mass is 486 g/mol. The Morgan fingerprint density at radius 2 is 1.86 bits per heavy atom. The average Bonchev–Trinajstić information content (AvgIpc) is 3.07. The van der Waals surface area contributed by atoms with Crippen molar-refractivity contribution in [3.8, 4) is 11.6 Å². The van der Waals surface area contributed by atoms with Gasteiger partial charge in [0.25, 0.3) is 5.91 Å². The first kappa shape index (κ1) is 24.3. The average molecular weight is 486 g/mol. The molecule has 0 saturated carbocycles. The molecule has 10 heteroatoms. The van der Waals surface area contributed by atoms with E-state index in [9.17, 15) is 27.9 Å². The SMILES string of the molecule is C/C(=N\NC(=O)C1CCCNC1=O)c1c(O)n(-c2cc(C)cc(C)c2)c2cc(C(F)(F)F)ccc12. The van der Waals surface area contributed by atoms with Crippen LogP contribution in [0.15, 0.2) is 41.5 Å². The van der Waals surface area contributed by atoms with E-state index in [1.165, 1.54) is 17.6 Å². The van der Waals surface area contributed by atoms with Crippen molar-refractivity contribution in [1.82, 2.24) is 15.3 Å². The minimum Gasteiger partial charge on any atom is -0.494 e. The van der Waals surface area contributed by atoms with Gasteiger partial charge in [-0.25, -0.2) is 5.43 Å². The molecule has 1 fully saturated rings. The van der Waals surface area contributed by atoms with Crippen LogP contribution in [0.5, 0.6) is 5.88 Å². The van der Waals surface area contributed by atoms with Crippen LogP contribution < -0.4 is 10.7 Å². The summed E-state index contributed by atoms with van der Waals surface area (Å²) in [6.45, 7) is 5.74. The first-order chi connectivity index (χ1) is 16.5. The number of hydrogen-bond acceptors (Lipinski definition) is 4. The van der Waals surface area contributed by atoms with Crippen LogP contribution in [0.2, 0.25) is 0 Å². The fraction of sp³-hybridized carbons (Fsp3) is 0.320. The molecule has 4 rings (SSSR count). The van der Waals surface area contributed by atoms with Crippen molar-refractivity contribution in [2.24, 2.45) is 11.0 Å². The highest BCUT2D eigenvalue weighted by atomic mass is 19.4. The number of hydrazone groups is 1. The van der Waals surface area contributed by atoms with Crippen molar-refractivity contribution >= 4 is 28.4 Å². The number of amides is 2. The molecule has 3 N–H and O–H groups in total. The van der Waals surface area contributed by atoms with E-state index in [1.54, 1.807) is 12.1 Å². The summed E-state index contributed by atoms with van der Waals surface area (Å²) in [7, 11) is 0. The predicted octanol–water partition coefficient (Wildman–Crippen LogP) is 4.34. The van der Waals surface area contributed by atoms with Crippen molar-refractivity contribution in [1.29, 1.82) is 0 Å². The van der Waals surface area contributed by atoms with E-state index in [0.29, 0.717) is 30.5 Å². The minimum absolute atomic E-state index is 0.143. The highest BCUT2D eigenvalue weighted by Crippen LogP contribution is 2.39. The fourth-order valence-electron chi connectivity index (χ4n) is 4.44. The van der Waals surface area contributed by atoms with Crippen LogP contribution >= 0.6 is 0 Å². The molecule has 1 aliphatic rings. The van der Waals surface area contributed by atoms with Gasteiger partial charge in [-0.3, -0.25) is 14.2 Å². The molecule has 0 bridgehead atoms. The van der Waals surface area contributed by atoms with E-state index in [1.807, 2.05) is 19.9 Å². The molecule has 1 aromatic heterocycles. The predicted molar refractivity (Wildman–Crippen MR) is 126 cm³/mol. The van der Waals surface area contributed by atoms with E-state index in [2.05, 4.69) is 15.8 Å². The van der Waals surface area contributed by atoms with E-state index in [-0.39, 0.29) is 28.6 Å². The van der Waals surface area contributed by atoms with Crippen LogP contribution in [0.4, 0.5) is 13.2 Å². The van der Waals surface area contributed by atoms with Crippen LogP contribution in [-0.2, 0) is 15.8 Å². The lowest BCUT2D eigenvalue weighted by Crippen LogP contribution is -2.44. The lowest BCUT2D eigenvalue weighted by molar-refractivity contribution is -0.138. The van der Waals surface area contributed by atoms with Gasteiger partial charge in [0.1, 0.15) is 5.92 Å². The van der Waals surface area contributed by atoms with Crippen molar-refractivity contribution in [3.63, 3.8) is 0 Å². The number of hydrogen-bond donors (Lipinski definition) is 3. The molecule has 2 amide bonds. The van der Waals surface area contributed by atoms with Crippen LogP contribution in [-0.4, -0.2) is 33.7 Å². The van der Waals surface area contributed by atoms with Gasteiger partial charge < -0.3 is 10.4 Å². The molecule has 184 valence electrons. The van der Waals surface area contributed by atoms with E-state index in [0.717, 1.165) is 23.3 Å². The summed E-state index contributed by atoms with van der Waals surface area (Å²) >= 11 is 0. The van der Waals surface area contributed by atoms with E-state index in [4.69, 9.17) is 0 Å². The van der Waals surface area contributed by atoms with Gasteiger partial charge in [0.15, 0.2) is 0 Å². The number of aromatic nitrogens is 1. The Balaban J connectivity index is 1.83. The second kappa shape index (κ2) is 9.09. The molecular weight excluding hydrogens is 461 g/mol. The molecule has 2 aromatic carbocycles. The standard InChI is InChI=1S/C25H25F3N4O3/c1-13-9-14(2)11-17(10-13)32-20-12-16(25(26,27)28)6-7-18(20)21(24(32)35)15(3)30-31-23(34)19-5-4-8-29-22(19)33/h6-7,9-12,19,35H,4-5,8H2,1-3H3,(H,29,33)(H,31,34)/b30-15+. The molecule has 0 radical (unpaired) electrons. The van der Waals surface area contributed by atoms with Gasteiger partial charge in [-0.15, -0.1) is 0 Å². The normalized spacial score (nSPS) is 16.9. The number of nitrogens with zero attached hydrogens (tertiary/aromatic N) is 2. The number of carbonyl (C=O) groups is 2. The number of fused-ring (bicyclic) bond motifs is 1. The minimum atomic E-state index is -4.57. The zero-order valence-electron chi connectivity index (χ0n) is 19.5. The topological polar surface area (TPSA) is 95.7 Å². The Labute approximate surface area is 199 Å². The molecular formula is C25H25F3N4O3. The first-order valence-electron chi connectivity index (χ1n) is 11.1. The van der Waals surface area contributed by atoms with E-state index >= 15 is 0 Å². The summed E-state index contributed by atoms with van der Waals surface area (Å²) in [4.78, 5) is 24.4. The Bertz CT molecular complexity index is 1340. The summed E-state index contributed by atoms with van der Waals surface area (Å²) < 4.78 is 41.8. The second-order valence-electron chi connectivity index (χ2n) is 8.77. The Morgan fingerprint density at radius 1 is 1.17 bits per heavy atom. The lowest BCUT2D eigenvalue weighted by atomic mass is 9.98. The molecule has 1 saturated heterocycles. The maximum absolute atomic E-state index is 13.5. The molecule has 2 heterocycles. The molecule has 1 atom stereocenters. The highest BCUT2D eigenvalue weighted by molar-refractivity contribution is 6.13. The van der Waals surface area contributed by atoms with Gasteiger partial charge in [0, 0.05) is 17.6 Å². The van der Waals surface area contributed by atoms with Crippen LogP contribution in [0.3, 0.4) is 0 Å².